The van der Waals surface area contributed by atoms with Crippen LogP contribution in [0.4, 0.5) is 5.69 Å². The molecule has 3 heteroatoms. The molecule has 3 aromatic carbocycles. The van der Waals surface area contributed by atoms with E-state index >= 15 is 0 Å². The predicted molar refractivity (Wildman–Crippen MR) is 84.1 cm³/mol. The molecule has 3 aromatic rings. The first-order valence-corrected chi connectivity index (χ1v) is 6.76. The summed E-state index contributed by atoms with van der Waals surface area (Å²) >= 11 is 5.96. The quantitative estimate of drug-likeness (QED) is 0.710. The highest BCUT2D eigenvalue weighted by molar-refractivity contribution is 6.30. The molecular weight excluding hydrogens is 270 g/mol. The molecule has 0 aliphatic carbocycles. The summed E-state index contributed by atoms with van der Waals surface area (Å²) < 4.78 is 5.80. The lowest BCUT2D eigenvalue weighted by Crippen LogP contribution is -1.99. The van der Waals surface area contributed by atoms with Crippen molar-refractivity contribution in [2.24, 2.45) is 0 Å². The van der Waals surface area contributed by atoms with Gasteiger partial charge in [0.05, 0.1) is 5.69 Å². The summed E-state index contributed by atoms with van der Waals surface area (Å²) in [5.41, 5.74) is 7.60. The van der Waals surface area contributed by atoms with E-state index in [1.54, 1.807) is 18.2 Å². The summed E-state index contributed by atoms with van der Waals surface area (Å²) in [6.45, 7) is 0.464. The topological polar surface area (TPSA) is 35.2 Å². The van der Waals surface area contributed by atoms with Crippen LogP contribution in [0.1, 0.15) is 5.56 Å². The van der Waals surface area contributed by atoms with E-state index in [4.69, 9.17) is 22.1 Å². The summed E-state index contributed by atoms with van der Waals surface area (Å²) in [5.74, 6) is 0.616. The van der Waals surface area contributed by atoms with Gasteiger partial charge in [0.25, 0.3) is 0 Å². The molecule has 0 spiro atoms. The summed E-state index contributed by atoms with van der Waals surface area (Å²) in [4.78, 5) is 0. The molecule has 3 rings (SSSR count). The van der Waals surface area contributed by atoms with Crippen molar-refractivity contribution in [3.8, 4) is 5.75 Å². The zero-order valence-electron chi connectivity index (χ0n) is 10.8. The summed E-state index contributed by atoms with van der Waals surface area (Å²) in [7, 11) is 0. The van der Waals surface area contributed by atoms with E-state index in [0.717, 1.165) is 5.56 Å². The van der Waals surface area contributed by atoms with Crippen LogP contribution >= 0.6 is 11.6 Å². The summed E-state index contributed by atoms with van der Waals surface area (Å²) in [6.07, 6.45) is 0. The number of fused-ring (bicyclic) bond motifs is 1. The molecule has 20 heavy (non-hydrogen) atoms. The van der Waals surface area contributed by atoms with Crippen LogP contribution in [0, 0.1) is 0 Å². The molecule has 0 atom stereocenters. The van der Waals surface area contributed by atoms with Gasteiger partial charge in [-0.3, -0.25) is 0 Å². The standard InChI is InChI=1S/C17H14ClNO/c18-14-8-9-16(19)17(10-14)20-11-13-6-3-5-12-4-1-2-7-15(12)13/h1-10H,11,19H2. The molecule has 0 saturated carbocycles. The van der Waals surface area contributed by atoms with E-state index in [0.29, 0.717) is 23.1 Å². The summed E-state index contributed by atoms with van der Waals surface area (Å²) in [5, 5.41) is 3.01. The van der Waals surface area contributed by atoms with Crippen molar-refractivity contribution in [2.75, 3.05) is 5.73 Å². The van der Waals surface area contributed by atoms with E-state index in [2.05, 4.69) is 24.3 Å². The molecule has 0 radical (unpaired) electrons. The minimum atomic E-state index is 0.464. The zero-order valence-corrected chi connectivity index (χ0v) is 11.6. The fourth-order valence-electron chi connectivity index (χ4n) is 2.21. The Morgan fingerprint density at radius 2 is 1.75 bits per heavy atom. The Labute approximate surface area is 122 Å². The molecule has 0 aliphatic heterocycles. The molecule has 2 N–H and O–H groups in total. The number of hydrogen-bond acceptors (Lipinski definition) is 2. The molecule has 0 bridgehead atoms. The Bertz CT molecular complexity index is 750. The van der Waals surface area contributed by atoms with Crippen LogP contribution in [0.15, 0.2) is 60.7 Å². The molecule has 100 valence electrons. The van der Waals surface area contributed by atoms with Crippen molar-refractivity contribution >= 4 is 28.1 Å². The number of anilines is 1. The fraction of sp³-hybridized carbons (Fsp3) is 0.0588. The van der Waals surface area contributed by atoms with Gasteiger partial charge in [-0.05, 0) is 28.5 Å². The lowest BCUT2D eigenvalue weighted by Gasteiger charge is -2.11. The van der Waals surface area contributed by atoms with E-state index in [1.807, 2.05) is 18.2 Å². The highest BCUT2D eigenvalue weighted by atomic mass is 35.5. The summed E-state index contributed by atoms with van der Waals surface area (Å²) in [6, 6.07) is 19.7. The van der Waals surface area contributed by atoms with Crippen molar-refractivity contribution in [3.63, 3.8) is 0 Å². The number of nitrogen functional groups attached to an aromatic ring is 1. The molecule has 2 nitrogen and oxygen atoms in total. The van der Waals surface area contributed by atoms with Crippen molar-refractivity contribution in [1.29, 1.82) is 0 Å². The highest BCUT2D eigenvalue weighted by Crippen LogP contribution is 2.27. The molecule has 0 amide bonds. The van der Waals surface area contributed by atoms with Crippen molar-refractivity contribution in [3.05, 3.63) is 71.2 Å². The molecule has 0 unspecified atom stereocenters. The fourth-order valence-corrected chi connectivity index (χ4v) is 2.37. The van der Waals surface area contributed by atoms with Gasteiger partial charge in [0.2, 0.25) is 0 Å². The highest BCUT2D eigenvalue weighted by Gasteiger charge is 2.04. The molecule has 0 aliphatic rings. The van der Waals surface area contributed by atoms with Crippen LogP contribution in [0.3, 0.4) is 0 Å². The van der Waals surface area contributed by atoms with Crippen LogP contribution in [0.2, 0.25) is 5.02 Å². The Balaban J connectivity index is 1.89. The van der Waals surface area contributed by atoms with Gasteiger partial charge >= 0.3 is 0 Å². The van der Waals surface area contributed by atoms with Crippen LogP contribution in [0.25, 0.3) is 10.8 Å². The lowest BCUT2D eigenvalue weighted by molar-refractivity contribution is 0.309. The monoisotopic (exact) mass is 283 g/mol. The Kier molecular flexibility index (Phi) is 3.48. The minimum Gasteiger partial charge on any atom is -0.487 e. The normalized spacial score (nSPS) is 10.7. The number of nitrogens with two attached hydrogens (primary N) is 1. The van der Waals surface area contributed by atoms with Crippen LogP contribution in [-0.4, -0.2) is 0 Å². The predicted octanol–water partition coefficient (Wildman–Crippen LogP) is 4.65. The van der Waals surface area contributed by atoms with Crippen LogP contribution in [0.5, 0.6) is 5.75 Å². The number of hydrogen-bond donors (Lipinski definition) is 1. The van der Waals surface area contributed by atoms with Crippen LogP contribution in [-0.2, 0) is 6.61 Å². The third-order valence-corrected chi connectivity index (χ3v) is 3.47. The Hall–Kier alpha value is -2.19. The van der Waals surface area contributed by atoms with Gasteiger partial charge in [-0.25, -0.2) is 0 Å². The number of benzene rings is 3. The third-order valence-electron chi connectivity index (χ3n) is 3.24. The van der Waals surface area contributed by atoms with Gasteiger partial charge in [0.1, 0.15) is 12.4 Å². The third kappa shape index (κ3) is 2.56. The second-order valence-electron chi connectivity index (χ2n) is 4.61. The van der Waals surface area contributed by atoms with E-state index in [-0.39, 0.29) is 0 Å². The second-order valence-corrected chi connectivity index (χ2v) is 5.05. The minimum absolute atomic E-state index is 0.464. The first-order valence-electron chi connectivity index (χ1n) is 6.38. The molecule has 0 heterocycles. The van der Waals surface area contributed by atoms with Crippen molar-refractivity contribution < 1.29 is 4.74 Å². The number of rotatable bonds is 3. The maximum absolute atomic E-state index is 5.96. The van der Waals surface area contributed by atoms with Gasteiger partial charge in [-0.2, -0.15) is 0 Å². The number of halogens is 1. The molecule has 0 fully saturated rings. The maximum Gasteiger partial charge on any atom is 0.144 e. The van der Waals surface area contributed by atoms with Crippen molar-refractivity contribution in [1.82, 2.24) is 0 Å². The first kappa shape index (κ1) is 12.8. The lowest BCUT2D eigenvalue weighted by atomic mass is 10.1. The van der Waals surface area contributed by atoms with Gasteiger partial charge in [0, 0.05) is 11.1 Å². The van der Waals surface area contributed by atoms with Crippen molar-refractivity contribution in [2.45, 2.75) is 6.61 Å². The van der Waals surface area contributed by atoms with Gasteiger partial charge in [-0.15, -0.1) is 0 Å². The van der Waals surface area contributed by atoms with E-state index in [1.165, 1.54) is 10.8 Å². The average molecular weight is 284 g/mol. The zero-order chi connectivity index (χ0) is 13.9. The maximum atomic E-state index is 5.96. The molecule has 0 saturated heterocycles. The van der Waals surface area contributed by atoms with E-state index < -0.39 is 0 Å². The van der Waals surface area contributed by atoms with Gasteiger partial charge in [0.15, 0.2) is 0 Å². The largest absolute Gasteiger partial charge is 0.487 e. The Morgan fingerprint density at radius 3 is 2.65 bits per heavy atom. The Morgan fingerprint density at radius 1 is 0.950 bits per heavy atom. The SMILES string of the molecule is Nc1ccc(Cl)cc1OCc1cccc2ccccc12. The van der Waals surface area contributed by atoms with Gasteiger partial charge in [-0.1, -0.05) is 54.1 Å². The molecule has 0 aromatic heterocycles. The van der Waals surface area contributed by atoms with Gasteiger partial charge < -0.3 is 10.5 Å². The smallest absolute Gasteiger partial charge is 0.144 e. The molecular formula is C17H14ClNO. The number of ether oxygens (including phenoxy) is 1. The second kappa shape index (κ2) is 5.43. The average Bonchev–Trinajstić information content (AvgIpc) is 2.48. The van der Waals surface area contributed by atoms with Crippen LogP contribution < -0.4 is 10.5 Å². The first-order chi connectivity index (χ1) is 9.74. The van der Waals surface area contributed by atoms with E-state index in [9.17, 15) is 0 Å².